The molecule has 1 aliphatic rings. The van der Waals surface area contributed by atoms with Gasteiger partial charge in [0, 0.05) is 31.4 Å². The molecule has 1 fully saturated rings. The van der Waals surface area contributed by atoms with Crippen molar-refractivity contribution < 1.29 is 15.0 Å². The summed E-state index contributed by atoms with van der Waals surface area (Å²) in [6, 6.07) is -0.610. The number of imidazole rings is 1. The van der Waals surface area contributed by atoms with Gasteiger partial charge in [0.1, 0.15) is 11.9 Å². The highest BCUT2D eigenvalue weighted by Gasteiger charge is 2.32. The molecule has 112 valence electrons. The molecular formula is C14H23N3O3. The number of H-pyrrole nitrogens is 1. The fraction of sp³-hybridized carbons (Fsp3) is 0.714. The van der Waals surface area contributed by atoms with Crippen LogP contribution < -0.4 is 0 Å². The highest BCUT2D eigenvalue weighted by molar-refractivity contribution is 5.73. The van der Waals surface area contributed by atoms with Crippen molar-refractivity contribution in [3.63, 3.8) is 0 Å². The van der Waals surface area contributed by atoms with Gasteiger partial charge in [0.25, 0.3) is 0 Å². The van der Waals surface area contributed by atoms with E-state index < -0.39 is 18.1 Å². The van der Waals surface area contributed by atoms with Gasteiger partial charge < -0.3 is 15.2 Å². The third-order valence-corrected chi connectivity index (χ3v) is 3.79. The van der Waals surface area contributed by atoms with Crippen molar-refractivity contribution >= 4 is 5.97 Å². The van der Waals surface area contributed by atoms with Crippen molar-refractivity contribution in [2.24, 2.45) is 0 Å². The molecule has 2 rings (SSSR count). The van der Waals surface area contributed by atoms with Crippen molar-refractivity contribution in [1.82, 2.24) is 14.9 Å². The maximum atomic E-state index is 11.3. The fourth-order valence-corrected chi connectivity index (χ4v) is 2.62. The molecule has 0 amide bonds. The van der Waals surface area contributed by atoms with Gasteiger partial charge in [-0.1, -0.05) is 13.3 Å². The van der Waals surface area contributed by atoms with Crippen LogP contribution >= 0.6 is 0 Å². The molecule has 0 bridgehead atoms. The van der Waals surface area contributed by atoms with Crippen LogP contribution in [0.2, 0.25) is 0 Å². The molecule has 6 nitrogen and oxygen atoms in total. The van der Waals surface area contributed by atoms with Crippen LogP contribution in [0.1, 0.15) is 44.1 Å². The molecule has 2 atom stereocenters. The van der Waals surface area contributed by atoms with Crippen LogP contribution in [0, 0.1) is 0 Å². The van der Waals surface area contributed by atoms with Gasteiger partial charge in [0.15, 0.2) is 0 Å². The summed E-state index contributed by atoms with van der Waals surface area (Å²) in [5.41, 5.74) is 0.943. The number of carboxylic acids is 1. The molecule has 1 aliphatic heterocycles. The Morgan fingerprint density at radius 1 is 1.60 bits per heavy atom. The summed E-state index contributed by atoms with van der Waals surface area (Å²) >= 11 is 0. The highest BCUT2D eigenvalue weighted by atomic mass is 16.4. The zero-order valence-corrected chi connectivity index (χ0v) is 11.9. The van der Waals surface area contributed by atoms with Crippen molar-refractivity contribution in [2.75, 3.05) is 6.54 Å². The lowest BCUT2D eigenvalue weighted by Gasteiger charge is -2.34. The fourth-order valence-electron chi connectivity index (χ4n) is 2.62. The maximum Gasteiger partial charge on any atom is 0.321 e. The van der Waals surface area contributed by atoms with Crippen LogP contribution in [0.5, 0.6) is 0 Å². The van der Waals surface area contributed by atoms with Gasteiger partial charge in [-0.2, -0.15) is 0 Å². The normalized spacial score (nSPS) is 23.9. The van der Waals surface area contributed by atoms with E-state index >= 15 is 0 Å². The molecule has 1 saturated heterocycles. The van der Waals surface area contributed by atoms with Gasteiger partial charge in [-0.15, -0.1) is 0 Å². The van der Waals surface area contributed by atoms with Gasteiger partial charge >= 0.3 is 5.97 Å². The first-order valence-corrected chi connectivity index (χ1v) is 7.27. The molecule has 0 radical (unpaired) electrons. The molecule has 0 aromatic carbocycles. The van der Waals surface area contributed by atoms with Gasteiger partial charge in [0.05, 0.1) is 6.10 Å². The number of nitrogens with zero attached hydrogens (tertiary/aromatic N) is 2. The molecule has 2 heterocycles. The largest absolute Gasteiger partial charge is 0.480 e. The number of carboxylic acid groups (broad SMARTS) is 1. The van der Waals surface area contributed by atoms with Crippen molar-refractivity contribution in [3.8, 4) is 0 Å². The number of nitrogens with one attached hydrogen (secondary N) is 1. The number of aliphatic carboxylic acids is 1. The van der Waals surface area contributed by atoms with Gasteiger partial charge in [-0.25, -0.2) is 4.98 Å². The van der Waals surface area contributed by atoms with Gasteiger partial charge in [-0.05, 0) is 19.3 Å². The van der Waals surface area contributed by atoms with E-state index in [4.69, 9.17) is 0 Å². The predicted molar refractivity (Wildman–Crippen MR) is 74.3 cm³/mol. The summed E-state index contributed by atoms with van der Waals surface area (Å²) in [6.45, 7) is 3.28. The van der Waals surface area contributed by atoms with Crippen LogP contribution in [0.3, 0.4) is 0 Å². The first-order valence-electron chi connectivity index (χ1n) is 7.27. The minimum Gasteiger partial charge on any atom is -0.480 e. The topological polar surface area (TPSA) is 89.4 Å². The number of aromatic amines is 1. The summed E-state index contributed by atoms with van der Waals surface area (Å²) in [6.07, 6.45) is 5.36. The molecular weight excluding hydrogens is 258 g/mol. The smallest absolute Gasteiger partial charge is 0.321 e. The zero-order valence-electron chi connectivity index (χ0n) is 11.9. The van der Waals surface area contributed by atoms with Crippen molar-refractivity contribution in [1.29, 1.82) is 0 Å². The quantitative estimate of drug-likeness (QED) is 0.728. The van der Waals surface area contributed by atoms with Crippen LogP contribution in [0.4, 0.5) is 0 Å². The number of likely N-dealkylation sites (tertiary alicyclic amines) is 1. The lowest BCUT2D eigenvalue weighted by molar-refractivity contribution is -0.147. The Morgan fingerprint density at radius 2 is 2.40 bits per heavy atom. The van der Waals surface area contributed by atoms with Crippen LogP contribution in [-0.2, 0) is 17.8 Å². The molecule has 3 N–H and O–H groups in total. The lowest BCUT2D eigenvalue weighted by atomic mass is 9.99. The van der Waals surface area contributed by atoms with E-state index in [0.717, 1.165) is 30.8 Å². The molecule has 0 aliphatic carbocycles. The number of carbonyl (C=O) groups is 1. The average Bonchev–Trinajstić information content (AvgIpc) is 2.86. The van der Waals surface area contributed by atoms with Crippen LogP contribution in [0.15, 0.2) is 6.20 Å². The maximum absolute atomic E-state index is 11.3. The number of aromatic nitrogens is 2. The number of aliphatic hydroxyl groups is 1. The molecule has 0 spiro atoms. The Morgan fingerprint density at radius 3 is 3.10 bits per heavy atom. The summed E-state index contributed by atoms with van der Waals surface area (Å²) in [5, 5.41) is 18.9. The summed E-state index contributed by atoms with van der Waals surface area (Å²) in [5.74, 6) is 0.0974. The molecule has 1 aromatic rings. The number of rotatable bonds is 6. The second-order valence-corrected chi connectivity index (χ2v) is 5.46. The number of hydrogen-bond acceptors (Lipinski definition) is 4. The first kappa shape index (κ1) is 15.0. The predicted octanol–water partition coefficient (Wildman–Crippen LogP) is 1.16. The van der Waals surface area contributed by atoms with Crippen LogP contribution in [0.25, 0.3) is 0 Å². The Kier molecular flexibility index (Phi) is 5.14. The third kappa shape index (κ3) is 3.80. The Bertz CT molecular complexity index is 447. The molecule has 6 heteroatoms. The molecule has 0 saturated carbocycles. The first-order chi connectivity index (χ1) is 9.60. The van der Waals surface area contributed by atoms with Crippen molar-refractivity contribution in [3.05, 3.63) is 17.7 Å². The van der Waals surface area contributed by atoms with Crippen LogP contribution in [-0.4, -0.2) is 49.7 Å². The number of hydrogen-bond donors (Lipinski definition) is 3. The second-order valence-electron chi connectivity index (χ2n) is 5.46. The van der Waals surface area contributed by atoms with E-state index in [1.165, 1.54) is 0 Å². The van der Waals surface area contributed by atoms with E-state index in [1.54, 1.807) is 6.20 Å². The summed E-state index contributed by atoms with van der Waals surface area (Å²) < 4.78 is 0. The number of aryl methyl sites for hydroxylation is 1. The standard InChI is InChI=1S/C14H23N3O3/c1-2-3-4-13-15-8-10(16-13)9-17-6-5-11(18)7-12(17)14(19)20/h8,11-12,18H,2-7,9H2,1H3,(H,15,16)(H,19,20)/t11-,12+/m0/s1. The highest BCUT2D eigenvalue weighted by Crippen LogP contribution is 2.20. The van der Waals surface area contributed by atoms with E-state index in [0.29, 0.717) is 25.9 Å². The summed E-state index contributed by atoms with van der Waals surface area (Å²) in [7, 11) is 0. The average molecular weight is 281 g/mol. The Hall–Kier alpha value is -1.40. The lowest BCUT2D eigenvalue weighted by Crippen LogP contribution is -2.48. The monoisotopic (exact) mass is 281 g/mol. The molecule has 0 unspecified atom stereocenters. The number of piperidine rings is 1. The van der Waals surface area contributed by atoms with E-state index in [-0.39, 0.29) is 0 Å². The Labute approximate surface area is 118 Å². The Balaban J connectivity index is 1.97. The van der Waals surface area contributed by atoms with E-state index in [9.17, 15) is 15.0 Å². The van der Waals surface area contributed by atoms with Crippen molar-refractivity contribution in [2.45, 2.75) is 57.7 Å². The second kappa shape index (κ2) is 6.85. The SMILES string of the molecule is CCCCc1ncc(CN2CC[C@H](O)C[C@@H]2C(=O)O)[nH]1. The summed E-state index contributed by atoms with van der Waals surface area (Å²) in [4.78, 5) is 20.7. The number of unbranched alkanes of at least 4 members (excludes halogenated alkanes) is 1. The third-order valence-electron chi connectivity index (χ3n) is 3.79. The molecule has 20 heavy (non-hydrogen) atoms. The van der Waals surface area contributed by atoms with E-state index in [2.05, 4.69) is 16.9 Å². The van der Waals surface area contributed by atoms with Gasteiger partial charge in [-0.3, -0.25) is 9.69 Å². The minimum absolute atomic E-state index is 0.298. The minimum atomic E-state index is -0.866. The van der Waals surface area contributed by atoms with E-state index in [1.807, 2.05) is 4.90 Å². The van der Waals surface area contributed by atoms with Gasteiger partial charge in [0.2, 0.25) is 0 Å². The zero-order chi connectivity index (χ0) is 14.5. The molecule has 1 aromatic heterocycles. The number of aliphatic hydroxyl groups excluding tert-OH is 1.